The highest BCUT2D eigenvalue weighted by atomic mass is 32.1. The largest absolute Gasteiger partial charge is 0.144 e. The maximum absolute atomic E-state index is 5.52. The molecule has 1 atom stereocenters. The van der Waals surface area contributed by atoms with Gasteiger partial charge in [-0.25, -0.2) is 0 Å². The highest BCUT2D eigenvalue weighted by molar-refractivity contribution is 7.10. The van der Waals surface area contributed by atoms with Crippen LogP contribution in [0.2, 0.25) is 0 Å². The molecule has 0 amide bonds. The van der Waals surface area contributed by atoms with Crippen LogP contribution in [0.4, 0.5) is 0 Å². The Morgan fingerprint density at radius 1 is 1.27 bits per heavy atom. The van der Waals surface area contributed by atoms with Crippen molar-refractivity contribution in [3.8, 4) is 12.3 Å². The summed E-state index contributed by atoms with van der Waals surface area (Å²) in [5, 5.41) is 2.12. The summed E-state index contributed by atoms with van der Waals surface area (Å²) >= 11 is 1.79. The van der Waals surface area contributed by atoms with E-state index in [1.807, 2.05) is 0 Å². The molecule has 0 saturated carbocycles. The summed E-state index contributed by atoms with van der Waals surface area (Å²) in [7, 11) is 0. The Balaban J connectivity index is 1.98. The molecule has 0 fully saturated rings. The summed E-state index contributed by atoms with van der Waals surface area (Å²) in [6.45, 7) is 4.54. The molecule has 1 aromatic heterocycles. The molecule has 2 rings (SSSR count). The molecule has 0 spiro atoms. The number of thiophene rings is 1. The second-order valence-corrected chi connectivity index (χ2v) is 6.82. The molecule has 0 bridgehead atoms. The fraction of sp³-hybridized carbons (Fsp3) is 0.333. The van der Waals surface area contributed by atoms with Crippen LogP contribution in [0.3, 0.4) is 0 Å². The van der Waals surface area contributed by atoms with Crippen molar-refractivity contribution >= 4 is 17.4 Å². The SMILES string of the molecule is C#Cc1ccc(CC(C)C/C=C/c2cccs2)c(CCC)c1. The summed E-state index contributed by atoms with van der Waals surface area (Å²) in [6, 6.07) is 10.7. The number of aryl methyl sites for hydroxylation is 1. The number of terminal acetylenes is 1. The van der Waals surface area contributed by atoms with E-state index in [1.54, 1.807) is 11.3 Å². The molecule has 2 aromatic rings. The van der Waals surface area contributed by atoms with Crippen LogP contribution < -0.4 is 0 Å². The van der Waals surface area contributed by atoms with Crippen LogP contribution in [0.15, 0.2) is 41.8 Å². The molecular formula is C21H24S. The molecule has 0 aliphatic rings. The van der Waals surface area contributed by atoms with Gasteiger partial charge in [0.25, 0.3) is 0 Å². The quantitative estimate of drug-likeness (QED) is 0.553. The van der Waals surface area contributed by atoms with Gasteiger partial charge in [-0.05, 0) is 66.0 Å². The van der Waals surface area contributed by atoms with Gasteiger partial charge in [-0.3, -0.25) is 0 Å². The Kier molecular flexibility index (Phi) is 6.49. The maximum atomic E-state index is 5.52. The van der Waals surface area contributed by atoms with Crippen molar-refractivity contribution in [2.24, 2.45) is 5.92 Å². The van der Waals surface area contributed by atoms with E-state index in [-0.39, 0.29) is 0 Å². The molecule has 0 aliphatic carbocycles. The van der Waals surface area contributed by atoms with Crippen LogP contribution in [-0.2, 0) is 12.8 Å². The van der Waals surface area contributed by atoms with Crippen LogP contribution >= 0.6 is 11.3 Å². The maximum Gasteiger partial charge on any atom is 0.0267 e. The van der Waals surface area contributed by atoms with Gasteiger partial charge in [0.05, 0.1) is 0 Å². The molecule has 0 N–H and O–H groups in total. The minimum Gasteiger partial charge on any atom is -0.144 e. The lowest BCUT2D eigenvalue weighted by Crippen LogP contribution is -2.02. The number of hydrogen-bond acceptors (Lipinski definition) is 1. The third kappa shape index (κ3) is 4.90. The van der Waals surface area contributed by atoms with E-state index in [1.165, 1.54) is 16.0 Å². The fourth-order valence-electron chi connectivity index (χ4n) is 2.68. The Morgan fingerprint density at radius 3 is 2.82 bits per heavy atom. The average Bonchev–Trinajstić information content (AvgIpc) is 3.02. The van der Waals surface area contributed by atoms with Crippen LogP contribution in [0.25, 0.3) is 6.08 Å². The van der Waals surface area contributed by atoms with Crippen molar-refractivity contribution in [1.29, 1.82) is 0 Å². The summed E-state index contributed by atoms with van der Waals surface area (Å²) in [5.41, 5.74) is 3.88. The molecule has 22 heavy (non-hydrogen) atoms. The Labute approximate surface area is 138 Å². The fourth-order valence-corrected chi connectivity index (χ4v) is 3.32. The second-order valence-electron chi connectivity index (χ2n) is 5.84. The summed E-state index contributed by atoms with van der Waals surface area (Å²) in [5.74, 6) is 3.39. The molecule has 0 saturated heterocycles. The van der Waals surface area contributed by atoms with E-state index in [4.69, 9.17) is 6.42 Å². The van der Waals surface area contributed by atoms with Crippen molar-refractivity contribution in [1.82, 2.24) is 0 Å². The third-order valence-corrected chi connectivity index (χ3v) is 4.66. The van der Waals surface area contributed by atoms with Crippen molar-refractivity contribution in [3.05, 3.63) is 63.4 Å². The first kappa shape index (κ1) is 16.6. The summed E-state index contributed by atoms with van der Waals surface area (Å²) in [6.07, 6.45) is 14.6. The van der Waals surface area contributed by atoms with Gasteiger partial charge in [0.1, 0.15) is 0 Å². The minimum atomic E-state index is 0.642. The van der Waals surface area contributed by atoms with Gasteiger partial charge in [-0.2, -0.15) is 0 Å². The lowest BCUT2D eigenvalue weighted by Gasteiger charge is -2.14. The first-order valence-corrected chi connectivity index (χ1v) is 8.89. The predicted octanol–water partition coefficient (Wildman–Crippen LogP) is 5.96. The molecule has 1 heteroatoms. The molecular weight excluding hydrogens is 284 g/mol. The number of rotatable bonds is 7. The normalized spacial score (nSPS) is 12.4. The zero-order chi connectivity index (χ0) is 15.8. The smallest absolute Gasteiger partial charge is 0.0267 e. The van der Waals surface area contributed by atoms with Crippen LogP contribution in [-0.4, -0.2) is 0 Å². The Bertz CT molecular complexity index is 641. The van der Waals surface area contributed by atoms with E-state index in [0.29, 0.717) is 5.92 Å². The van der Waals surface area contributed by atoms with Crippen LogP contribution in [0.5, 0.6) is 0 Å². The Hall–Kier alpha value is -1.78. The van der Waals surface area contributed by atoms with Gasteiger partial charge in [0, 0.05) is 10.4 Å². The predicted molar refractivity (Wildman–Crippen MR) is 99.2 cm³/mol. The van der Waals surface area contributed by atoms with E-state index < -0.39 is 0 Å². The van der Waals surface area contributed by atoms with E-state index >= 15 is 0 Å². The zero-order valence-electron chi connectivity index (χ0n) is 13.5. The van der Waals surface area contributed by atoms with Gasteiger partial charge in [0.2, 0.25) is 0 Å². The second kappa shape index (κ2) is 8.61. The summed E-state index contributed by atoms with van der Waals surface area (Å²) < 4.78 is 0. The first-order chi connectivity index (χ1) is 10.7. The van der Waals surface area contributed by atoms with Gasteiger partial charge in [0.15, 0.2) is 0 Å². The average molecular weight is 308 g/mol. The molecule has 0 radical (unpaired) electrons. The van der Waals surface area contributed by atoms with E-state index in [9.17, 15) is 0 Å². The first-order valence-electron chi connectivity index (χ1n) is 8.01. The lowest BCUT2D eigenvalue weighted by atomic mass is 9.91. The van der Waals surface area contributed by atoms with Crippen LogP contribution in [0.1, 0.15) is 48.3 Å². The van der Waals surface area contributed by atoms with Crippen LogP contribution in [0, 0.1) is 18.3 Å². The Morgan fingerprint density at radius 2 is 2.14 bits per heavy atom. The lowest BCUT2D eigenvalue weighted by molar-refractivity contribution is 0.587. The van der Waals surface area contributed by atoms with Gasteiger partial charge < -0.3 is 0 Å². The number of allylic oxidation sites excluding steroid dienone is 1. The molecule has 1 heterocycles. The number of benzene rings is 1. The highest BCUT2D eigenvalue weighted by Crippen LogP contribution is 2.20. The molecule has 114 valence electrons. The van der Waals surface area contributed by atoms with Crippen molar-refractivity contribution in [2.45, 2.75) is 39.5 Å². The van der Waals surface area contributed by atoms with Crippen molar-refractivity contribution in [2.75, 3.05) is 0 Å². The van der Waals surface area contributed by atoms with Gasteiger partial charge in [-0.1, -0.05) is 44.4 Å². The van der Waals surface area contributed by atoms with E-state index in [2.05, 4.69) is 67.6 Å². The third-order valence-electron chi connectivity index (χ3n) is 3.82. The zero-order valence-corrected chi connectivity index (χ0v) is 14.3. The highest BCUT2D eigenvalue weighted by Gasteiger charge is 2.07. The van der Waals surface area contributed by atoms with Crippen molar-refractivity contribution < 1.29 is 0 Å². The molecule has 1 aromatic carbocycles. The van der Waals surface area contributed by atoms with Gasteiger partial charge in [-0.15, -0.1) is 17.8 Å². The molecule has 0 aliphatic heterocycles. The molecule has 0 nitrogen and oxygen atoms in total. The topological polar surface area (TPSA) is 0 Å². The standard InChI is InChI=1S/C21H24S/c1-4-8-19-16-18(5-2)12-13-20(19)15-17(3)9-6-10-21-11-7-14-22-21/h2,6-7,10-14,16-17H,4,8-9,15H2,1,3H3/b10-6+. The number of hydrogen-bond donors (Lipinski definition) is 0. The van der Waals surface area contributed by atoms with Gasteiger partial charge >= 0.3 is 0 Å². The monoisotopic (exact) mass is 308 g/mol. The molecule has 1 unspecified atom stereocenters. The van der Waals surface area contributed by atoms with Crippen molar-refractivity contribution in [3.63, 3.8) is 0 Å². The van der Waals surface area contributed by atoms with E-state index in [0.717, 1.165) is 31.2 Å². The minimum absolute atomic E-state index is 0.642. The summed E-state index contributed by atoms with van der Waals surface area (Å²) in [4.78, 5) is 1.33.